The van der Waals surface area contributed by atoms with Gasteiger partial charge in [-0.15, -0.1) is 6.42 Å². The topological polar surface area (TPSA) is 61.0 Å². The van der Waals surface area contributed by atoms with Crippen molar-refractivity contribution in [3.63, 3.8) is 0 Å². The molecule has 4 rings (SSSR count). The number of fused-ring (bicyclic) bond motifs is 3. The van der Waals surface area contributed by atoms with Crippen molar-refractivity contribution in [2.45, 2.75) is 43.8 Å². The number of nitrogens with zero attached hydrogens (tertiary/aromatic N) is 2. The van der Waals surface area contributed by atoms with Crippen molar-refractivity contribution < 1.29 is 4.79 Å². The second-order valence-corrected chi connectivity index (χ2v) is 6.67. The van der Waals surface area contributed by atoms with Crippen LogP contribution >= 0.6 is 0 Å². The van der Waals surface area contributed by atoms with Crippen LogP contribution in [-0.2, 0) is 0 Å². The predicted octanol–water partition coefficient (Wildman–Crippen LogP) is 1.90. The standard InChI is InChI=1S/C18H20N4O/c1-3-11-4-7-16-15(8-11)17(21-20-16)18(23)19-12-9-13-5-6-14(10-12)22(13)2/h1,4,7-8,12-14H,5-6,9-10H2,2H3,(H,19,23)(H,20,21). The number of aromatic nitrogens is 2. The number of hydrogen-bond donors (Lipinski definition) is 2. The molecule has 5 nitrogen and oxygen atoms in total. The third-order valence-corrected chi connectivity index (χ3v) is 5.38. The maximum Gasteiger partial charge on any atom is 0.272 e. The van der Waals surface area contributed by atoms with Crippen LogP contribution in [0.3, 0.4) is 0 Å². The van der Waals surface area contributed by atoms with Crippen molar-refractivity contribution >= 4 is 16.8 Å². The van der Waals surface area contributed by atoms with E-state index in [-0.39, 0.29) is 11.9 Å². The molecular formula is C18H20N4O. The number of amides is 1. The van der Waals surface area contributed by atoms with Gasteiger partial charge in [0, 0.05) is 29.1 Å². The molecule has 1 aromatic heterocycles. The van der Waals surface area contributed by atoms with Gasteiger partial charge in [-0.1, -0.05) is 5.92 Å². The third-order valence-electron chi connectivity index (χ3n) is 5.38. The molecule has 118 valence electrons. The summed E-state index contributed by atoms with van der Waals surface area (Å²) in [4.78, 5) is 15.1. The highest BCUT2D eigenvalue weighted by Crippen LogP contribution is 2.34. The highest BCUT2D eigenvalue weighted by molar-refractivity contribution is 6.05. The molecule has 2 atom stereocenters. The third kappa shape index (κ3) is 2.40. The van der Waals surface area contributed by atoms with Gasteiger partial charge in [-0.2, -0.15) is 5.10 Å². The molecule has 2 aliphatic heterocycles. The summed E-state index contributed by atoms with van der Waals surface area (Å²) in [5, 5.41) is 11.1. The Bertz CT molecular complexity index is 789. The summed E-state index contributed by atoms with van der Waals surface area (Å²) < 4.78 is 0. The van der Waals surface area contributed by atoms with E-state index in [9.17, 15) is 4.79 Å². The lowest BCUT2D eigenvalue weighted by molar-refractivity contribution is 0.0879. The van der Waals surface area contributed by atoms with Crippen LogP contribution in [0.5, 0.6) is 0 Å². The quantitative estimate of drug-likeness (QED) is 0.833. The molecule has 0 radical (unpaired) electrons. The van der Waals surface area contributed by atoms with E-state index < -0.39 is 0 Å². The second-order valence-electron chi connectivity index (χ2n) is 6.67. The highest BCUT2D eigenvalue weighted by atomic mass is 16.2. The van der Waals surface area contributed by atoms with Crippen LogP contribution < -0.4 is 5.32 Å². The fourth-order valence-corrected chi connectivity index (χ4v) is 4.06. The van der Waals surface area contributed by atoms with Crippen molar-refractivity contribution in [1.29, 1.82) is 0 Å². The predicted molar refractivity (Wildman–Crippen MR) is 89.1 cm³/mol. The van der Waals surface area contributed by atoms with Crippen LogP contribution in [0.25, 0.3) is 10.9 Å². The molecule has 2 aliphatic rings. The normalized spacial score (nSPS) is 27.0. The monoisotopic (exact) mass is 308 g/mol. The Labute approximate surface area is 135 Å². The van der Waals surface area contributed by atoms with Crippen LogP contribution in [0.1, 0.15) is 41.7 Å². The summed E-state index contributed by atoms with van der Waals surface area (Å²) in [5.74, 6) is 2.49. The molecule has 2 aromatic rings. The number of rotatable bonds is 2. The van der Waals surface area contributed by atoms with Crippen LogP contribution in [0.2, 0.25) is 0 Å². The Balaban J connectivity index is 1.55. The first-order valence-electron chi connectivity index (χ1n) is 8.13. The van der Waals surface area contributed by atoms with Crippen molar-refractivity contribution in [1.82, 2.24) is 20.4 Å². The molecule has 5 heteroatoms. The average Bonchev–Trinajstić information content (AvgIpc) is 3.04. The van der Waals surface area contributed by atoms with Gasteiger partial charge in [-0.05, 0) is 50.9 Å². The number of benzene rings is 1. The van der Waals surface area contributed by atoms with Gasteiger partial charge >= 0.3 is 0 Å². The Morgan fingerprint density at radius 1 is 1.39 bits per heavy atom. The molecule has 2 unspecified atom stereocenters. The van der Waals surface area contributed by atoms with Gasteiger partial charge in [0.1, 0.15) is 0 Å². The maximum atomic E-state index is 12.6. The first-order chi connectivity index (χ1) is 11.2. The van der Waals surface area contributed by atoms with Gasteiger partial charge in [0.2, 0.25) is 0 Å². The Morgan fingerprint density at radius 2 is 2.13 bits per heavy atom. The average molecular weight is 308 g/mol. The van der Waals surface area contributed by atoms with Crippen LogP contribution in [0.4, 0.5) is 0 Å². The SMILES string of the molecule is C#Cc1ccc2[nH]nc(C(=O)NC3CC4CCC(C3)N4C)c2c1. The van der Waals surface area contributed by atoms with Crippen molar-refractivity contribution in [2.24, 2.45) is 0 Å². The fraction of sp³-hybridized carbons (Fsp3) is 0.444. The number of aromatic amines is 1. The maximum absolute atomic E-state index is 12.6. The molecule has 2 N–H and O–H groups in total. The van der Waals surface area contributed by atoms with Gasteiger partial charge in [0.05, 0.1) is 5.52 Å². The van der Waals surface area contributed by atoms with E-state index in [4.69, 9.17) is 6.42 Å². The van der Waals surface area contributed by atoms with Gasteiger partial charge in [0.25, 0.3) is 5.91 Å². The molecule has 2 bridgehead atoms. The van der Waals surface area contributed by atoms with E-state index in [0.29, 0.717) is 17.8 Å². The first kappa shape index (κ1) is 14.3. The summed E-state index contributed by atoms with van der Waals surface area (Å²) in [7, 11) is 2.20. The zero-order chi connectivity index (χ0) is 16.0. The molecule has 0 spiro atoms. The van der Waals surface area contributed by atoms with Gasteiger partial charge < -0.3 is 10.2 Å². The largest absolute Gasteiger partial charge is 0.348 e. The van der Waals surface area contributed by atoms with Crippen LogP contribution in [0, 0.1) is 12.3 Å². The van der Waals surface area contributed by atoms with E-state index in [1.807, 2.05) is 18.2 Å². The first-order valence-corrected chi connectivity index (χ1v) is 8.13. The minimum atomic E-state index is -0.112. The highest BCUT2D eigenvalue weighted by Gasteiger charge is 2.39. The van der Waals surface area contributed by atoms with E-state index in [1.165, 1.54) is 12.8 Å². The lowest BCUT2D eigenvalue weighted by atomic mass is 9.98. The fourth-order valence-electron chi connectivity index (χ4n) is 4.06. The molecule has 0 aliphatic carbocycles. The van der Waals surface area contributed by atoms with Crippen molar-refractivity contribution in [3.8, 4) is 12.3 Å². The number of piperidine rings is 1. The summed E-state index contributed by atoms with van der Waals surface area (Å²) in [5.41, 5.74) is 2.02. The molecule has 3 heterocycles. The Hall–Kier alpha value is -2.32. The molecule has 2 fully saturated rings. The number of hydrogen-bond acceptors (Lipinski definition) is 3. The van der Waals surface area contributed by atoms with E-state index >= 15 is 0 Å². The molecule has 0 saturated carbocycles. The van der Waals surface area contributed by atoms with E-state index in [1.54, 1.807) is 0 Å². The number of carbonyl (C=O) groups excluding carboxylic acids is 1. The number of nitrogens with one attached hydrogen (secondary N) is 2. The zero-order valence-electron chi connectivity index (χ0n) is 13.2. The molecule has 1 amide bonds. The number of carbonyl (C=O) groups is 1. The van der Waals surface area contributed by atoms with Crippen molar-refractivity contribution in [3.05, 3.63) is 29.5 Å². The van der Waals surface area contributed by atoms with E-state index in [2.05, 4.69) is 33.4 Å². The van der Waals surface area contributed by atoms with Gasteiger partial charge in [-0.3, -0.25) is 9.89 Å². The molecular weight excluding hydrogens is 288 g/mol. The van der Waals surface area contributed by atoms with Crippen LogP contribution in [-0.4, -0.2) is 46.2 Å². The summed E-state index contributed by atoms with van der Waals surface area (Å²) in [6, 6.07) is 6.98. The molecule has 1 aromatic carbocycles. The lowest BCUT2D eigenvalue weighted by Crippen LogP contribution is -2.48. The van der Waals surface area contributed by atoms with E-state index in [0.717, 1.165) is 29.3 Å². The summed E-state index contributed by atoms with van der Waals surface area (Å²) in [6.07, 6.45) is 9.98. The Morgan fingerprint density at radius 3 is 2.83 bits per heavy atom. The Kier molecular flexibility index (Phi) is 3.35. The van der Waals surface area contributed by atoms with Gasteiger partial charge in [0.15, 0.2) is 5.69 Å². The van der Waals surface area contributed by atoms with Crippen molar-refractivity contribution in [2.75, 3.05) is 7.05 Å². The smallest absolute Gasteiger partial charge is 0.272 e. The molecule has 2 saturated heterocycles. The van der Waals surface area contributed by atoms with Gasteiger partial charge in [-0.25, -0.2) is 0 Å². The minimum Gasteiger partial charge on any atom is -0.348 e. The number of H-pyrrole nitrogens is 1. The summed E-state index contributed by atoms with van der Waals surface area (Å²) in [6.45, 7) is 0. The zero-order valence-corrected chi connectivity index (χ0v) is 13.2. The van der Waals surface area contributed by atoms with Crippen LogP contribution in [0.15, 0.2) is 18.2 Å². The lowest BCUT2D eigenvalue weighted by Gasteiger charge is -2.36. The summed E-state index contributed by atoms with van der Waals surface area (Å²) >= 11 is 0. The number of terminal acetylenes is 1. The minimum absolute atomic E-state index is 0.112. The molecule has 23 heavy (non-hydrogen) atoms. The second kappa shape index (κ2) is 5.39.